The van der Waals surface area contributed by atoms with E-state index in [1.54, 1.807) is 0 Å². The first kappa shape index (κ1) is 11.0. The van der Waals surface area contributed by atoms with E-state index in [1.165, 1.54) is 11.3 Å². The molecule has 86 valence electrons. The Hall–Kier alpha value is -1.51. The van der Waals surface area contributed by atoms with E-state index in [0.29, 0.717) is 6.42 Å². The van der Waals surface area contributed by atoms with E-state index in [-0.39, 0.29) is 11.9 Å². The normalized spacial score (nSPS) is 13.4. The molecule has 3 nitrogen and oxygen atoms in total. The summed E-state index contributed by atoms with van der Waals surface area (Å²) in [6.45, 7) is 4.96. The zero-order valence-electron chi connectivity index (χ0n) is 9.84. The maximum absolute atomic E-state index is 11.6. The van der Waals surface area contributed by atoms with Gasteiger partial charge >= 0.3 is 0 Å². The molecule has 0 saturated carbocycles. The molecule has 2 rings (SSSR count). The summed E-state index contributed by atoms with van der Waals surface area (Å²) in [6.07, 6.45) is 1.56. The van der Waals surface area contributed by atoms with Gasteiger partial charge in [-0.25, -0.2) is 0 Å². The van der Waals surface area contributed by atoms with Crippen LogP contribution in [-0.4, -0.2) is 18.5 Å². The van der Waals surface area contributed by atoms with Crippen molar-refractivity contribution in [2.45, 2.75) is 32.7 Å². The predicted octanol–water partition coefficient (Wildman–Crippen LogP) is 1.72. The van der Waals surface area contributed by atoms with Crippen LogP contribution in [0.3, 0.4) is 0 Å². The van der Waals surface area contributed by atoms with Gasteiger partial charge in [-0.05, 0) is 37.5 Å². The predicted molar refractivity (Wildman–Crippen MR) is 65.6 cm³/mol. The molecule has 1 aromatic rings. The van der Waals surface area contributed by atoms with Crippen molar-refractivity contribution < 1.29 is 4.79 Å². The van der Waals surface area contributed by atoms with E-state index < -0.39 is 0 Å². The zero-order valence-corrected chi connectivity index (χ0v) is 9.84. The van der Waals surface area contributed by atoms with Gasteiger partial charge in [0.25, 0.3) is 0 Å². The molecule has 1 heterocycles. The highest BCUT2D eigenvalue weighted by Gasteiger charge is 2.11. The Morgan fingerprint density at radius 2 is 2.31 bits per heavy atom. The first-order valence-electron chi connectivity index (χ1n) is 5.80. The lowest BCUT2D eigenvalue weighted by atomic mass is 10.1. The minimum atomic E-state index is 0.0907. The van der Waals surface area contributed by atoms with Crippen molar-refractivity contribution in [1.82, 2.24) is 5.32 Å². The average molecular weight is 218 g/mol. The van der Waals surface area contributed by atoms with Crippen LogP contribution in [0.5, 0.6) is 0 Å². The second-order valence-corrected chi connectivity index (χ2v) is 4.57. The highest BCUT2D eigenvalue weighted by molar-refractivity contribution is 5.79. The molecule has 1 aliphatic rings. The summed E-state index contributed by atoms with van der Waals surface area (Å²) >= 11 is 0. The van der Waals surface area contributed by atoms with Crippen molar-refractivity contribution in [1.29, 1.82) is 0 Å². The maximum atomic E-state index is 11.6. The lowest BCUT2D eigenvalue weighted by Crippen LogP contribution is -2.31. The van der Waals surface area contributed by atoms with Crippen molar-refractivity contribution in [3.05, 3.63) is 29.3 Å². The van der Waals surface area contributed by atoms with Gasteiger partial charge in [0, 0.05) is 18.3 Å². The standard InChI is InChI=1S/C13H18N2O/c1-9(2)15-13(16)8-10-3-4-11-5-6-14-12(11)7-10/h3-4,7,9,14H,5-6,8H2,1-2H3,(H,15,16). The van der Waals surface area contributed by atoms with Crippen molar-refractivity contribution in [2.75, 3.05) is 11.9 Å². The van der Waals surface area contributed by atoms with E-state index in [1.807, 2.05) is 19.9 Å². The molecule has 0 bridgehead atoms. The van der Waals surface area contributed by atoms with Gasteiger partial charge in [-0.15, -0.1) is 0 Å². The molecule has 1 aromatic carbocycles. The summed E-state index contributed by atoms with van der Waals surface area (Å²) in [5, 5.41) is 6.22. The largest absolute Gasteiger partial charge is 0.384 e. The van der Waals surface area contributed by atoms with Crippen molar-refractivity contribution in [3.8, 4) is 0 Å². The van der Waals surface area contributed by atoms with Gasteiger partial charge in [-0.2, -0.15) is 0 Å². The minimum absolute atomic E-state index is 0.0907. The smallest absolute Gasteiger partial charge is 0.224 e. The molecular weight excluding hydrogens is 200 g/mol. The van der Waals surface area contributed by atoms with Crippen molar-refractivity contribution in [3.63, 3.8) is 0 Å². The highest BCUT2D eigenvalue weighted by Crippen LogP contribution is 2.23. The number of hydrogen-bond donors (Lipinski definition) is 2. The van der Waals surface area contributed by atoms with E-state index in [9.17, 15) is 4.79 Å². The van der Waals surface area contributed by atoms with Crippen LogP contribution < -0.4 is 10.6 Å². The number of anilines is 1. The molecule has 0 unspecified atom stereocenters. The second kappa shape index (κ2) is 4.56. The molecule has 16 heavy (non-hydrogen) atoms. The fraction of sp³-hybridized carbons (Fsp3) is 0.462. The first-order chi connectivity index (χ1) is 7.65. The number of benzene rings is 1. The fourth-order valence-corrected chi connectivity index (χ4v) is 2.01. The van der Waals surface area contributed by atoms with Crippen LogP contribution in [0.1, 0.15) is 25.0 Å². The van der Waals surface area contributed by atoms with Crippen LogP contribution in [-0.2, 0) is 17.6 Å². The van der Waals surface area contributed by atoms with Gasteiger partial charge in [0.15, 0.2) is 0 Å². The van der Waals surface area contributed by atoms with Crippen molar-refractivity contribution >= 4 is 11.6 Å². The van der Waals surface area contributed by atoms with E-state index in [0.717, 1.165) is 18.5 Å². The summed E-state index contributed by atoms with van der Waals surface area (Å²) in [6, 6.07) is 6.46. The molecule has 0 radical (unpaired) electrons. The molecule has 0 fully saturated rings. The van der Waals surface area contributed by atoms with Crippen LogP contribution in [0.25, 0.3) is 0 Å². The molecule has 3 heteroatoms. The SMILES string of the molecule is CC(C)NC(=O)Cc1ccc2c(c1)NCC2. The average Bonchev–Trinajstić information content (AvgIpc) is 2.63. The summed E-state index contributed by atoms with van der Waals surface area (Å²) in [4.78, 5) is 11.6. The first-order valence-corrected chi connectivity index (χ1v) is 5.80. The van der Waals surface area contributed by atoms with Crippen LogP contribution in [0, 0.1) is 0 Å². The molecule has 0 aromatic heterocycles. The quantitative estimate of drug-likeness (QED) is 0.811. The zero-order chi connectivity index (χ0) is 11.5. The number of fused-ring (bicyclic) bond motifs is 1. The lowest BCUT2D eigenvalue weighted by molar-refractivity contribution is -0.120. The van der Waals surface area contributed by atoms with Crippen LogP contribution in [0.15, 0.2) is 18.2 Å². The van der Waals surface area contributed by atoms with Gasteiger partial charge in [0.1, 0.15) is 0 Å². The topological polar surface area (TPSA) is 41.1 Å². The van der Waals surface area contributed by atoms with Gasteiger partial charge in [0.05, 0.1) is 6.42 Å². The number of nitrogens with one attached hydrogen (secondary N) is 2. The van der Waals surface area contributed by atoms with E-state index in [4.69, 9.17) is 0 Å². The molecule has 0 saturated heterocycles. The second-order valence-electron chi connectivity index (χ2n) is 4.57. The summed E-state index contributed by atoms with van der Waals surface area (Å²) in [5.41, 5.74) is 3.62. The molecule has 2 N–H and O–H groups in total. The fourth-order valence-electron chi connectivity index (χ4n) is 2.01. The van der Waals surface area contributed by atoms with Crippen LogP contribution in [0.4, 0.5) is 5.69 Å². The Labute approximate surface area is 96.2 Å². The van der Waals surface area contributed by atoms with E-state index >= 15 is 0 Å². The summed E-state index contributed by atoms with van der Waals surface area (Å²) in [5.74, 6) is 0.0907. The molecule has 0 spiro atoms. The summed E-state index contributed by atoms with van der Waals surface area (Å²) in [7, 11) is 0. The number of rotatable bonds is 3. The minimum Gasteiger partial charge on any atom is -0.384 e. The van der Waals surface area contributed by atoms with Gasteiger partial charge < -0.3 is 10.6 Å². The summed E-state index contributed by atoms with van der Waals surface area (Å²) < 4.78 is 0. The van der Waals surface area contributed by atoms with Gasteiger partial charge in [-0.1, -0.05) is 12.1 Å². The Morgan fingerprint density at radius 1 is 1.50 bits per heavy atom. The molecule has 1 amide bonds. The lowest BCUT2D eigenvalue weighted by Gasteiger charge is -2.09. The van der Waals surface area contributed by atoms with Crippen LogP contribution in [0.2, 0.25) is 0 Å². The third kappa shape index (κ3) is 2.54. The molecule has 0 aliphatic carbocycles. The number of carbonyl (C=O) groups is 1. The Bertz CT molecular complexity index is 399. The number of hydrogen-bond acceptors (Lipinski definition) is 2. The van der Waals surface area contributed by atoms with Crippen molar-refractivity contribution in [2.24, 2.45) is 0 Å². The third-order valence-corrected chi connectivity index (χ3v) is 2.70. The number of amides is 1. The molecule has 1 aliphatic heterocycles. The Morgan fingerprint density at radius 3 is 3.06 bits per heavy atom. The van der Waals surface area contributed by atoms with Crippen LogP contribution >= 0.6 is 0 Å². The Balaban J connectivity index is 2.02. The molecule has 0 atom stereocenters. The molecular formula is C13H18N2O. The van der Waals surface area contributed by atoms with Gasteiger partial charge in [-0.3, -0.25) is 4.79 Å². The van der Waals surface area contributed by atoms with E-state index in [2.05, 4.69) is 22.8 Å². The maximum Gasteiger partial charge on any atom is 0.224 e. The highest BCUT2D eigenvalue weighted by atomic mass is 16.1. The monoisotopic (exact) mass is 218 g/mol. The number of carbonyl (C=O) groups excluding carboxylic acids is 1. The van der Waals surface area contributed by atoms with Gasteiger partial charge in [0.2, 0.25) is 5.91 Å². The Kier molecular flexibility index (Phi) is 3.13. The third-order valence-electron chi connectivity index (χ3n) is 2.70.